The van der Waals surface area contributed by atoms with Crippen molar-refractivity contribution < 1.29 is 19.4 Å². The van der Waals surface area contributed by atoms with Gasteiger partial charge in [-0.05, 0) is 17.7 Å². The minimum absolute atomic E-state index is 0.0271. The highest BCUT2D eigenvalue weighted by Gasteiger charge is 2.01. The molecule has 0 aliphatic carbocycles. The molecule has 114 valence electrons. The molecule has 1 amide bonds. The van der Waals surface area contributed by atoms with Crippen LogP contribution in [0.1, 0.15) is 17.5 Å². The van der Waals surface area contributed by atoms with Crippen LogP contribution in [0.3, 0.4) is 0 Å². The van der Waals surface area contributed by atoms with Gasteiger partial charge in [-0.2, -0.15) is 0 Å². The summed E-state index contributed by atoms with van der Waals surface area (Å²) in [6.45, 7) is 1.40. The molecule has 0 radical (unpaired) electrons. The molecule has 0 aliphatic heterocycles. The normalized spacial score (nSPS) is 9.81. The monoisotopic (exact) mass is 291 g/mol. The number of aliphatic hydroxyl groups excluding tert-OH is 1. The molecule has 0 fully saturated rings. The minimum atomic E-state index is -0.164. The Morgan fingerprint density at radius 1 is 1.38 bits per heavy atom. The molecule has 2 N–H and O–H groups in total. The first-order chi connectivity index (χ1) is 10.3. The quantitative estimate of drug-likeness (QED) is 0.546. The Morgan fingerprint density at radius 2 is 2.24 bits per heavy atom. The number of amides is 1. The number of nitrogens with one attached hydrogen (secondary N) is 1. The maximum Gasteiger partial charge on any atom is 0.246 e. The summed E-state index contributed by atoms with van der Waals surface area (Å²) in [7, 11) is 1.58. The van der Waals surface area contributed by atoms with Crippen LogP contribution in [0.25, 0.3) is 0 Å². The molecule has 0 bridgehead atoms. The standard InChI is InChI=1S/C16H21NO4/c1-20-9-10-21-13-16(19)17-12-15-7-4-6-14(11-15)5-2-3-8-18/h4,6-7,11,18H,3,8-10,12-13H2,1H3,(H,17,19). The summed E-state index contributed by atoms with van der Waals surface area (Å²) in [5.41, 5.74) is 1.84. The molecule has 5 heteroatoms. The van der Waals surface area contributed by atoms with E-state index in [1.54, 1.807) is 7.11 Å². The Balaban J connectivity index is 2.36. The van der Waals surface area contributed by atoms with Crippen molar-refractivity contribution in [2.24, 2.45) is 0 Å². The third kappa shape index (κ3) is 8.10. The van der Waals surface area contributed by atoms with Gasteiger partial charge in [0.05, 0.1) is 19.8 Å². The summed E-state index contributed by atoms with van der Waals surface area (Å²) in [4.78, 5) is 11.5. The number of rotatable bonds is 8. The van der Waals surface area contributed by atoms with Crippen molar-refractivity contribution in [3.8, 4) is 11.8 Å². The van der Waals surface area contributed by atoms with Gasteiger partial charge in [0.25, 0.3) is 0 Å². The number of methoxy groups -OCH3 is 1. The molecular weight excluding hydrogens is 270 g/mol. The fourth-order valence-electron chi connectivity index (χ4n) is 1.54. The van der Waals surface area contributed by atoms with Crippen molar-refractivity contribution >= 4 is 5.91 Å². The molecule has 0 saturated heterocycles. The fraction of sp³-hybridized carbons (Fsp3) is 0.438. The van der Waals surface area contributed by atoms with Crippen LogP contribution in [0.2, 0.25) is 0 Å². The zero-order chi connectivity index (χ0) is 15.3. The largest absolute Gasteiger partial charge is 0.395 e. The fourth-order valence-corrected chi connectivity index (χ4v) is 1.54. The Bertz CT molecular complexity index is 491. The predicted molar refractivity (Wildman–Crippen MR) is 79.6 cm³/mol. The van der Waals surface area contributed by atoms with Gasteiger partial charge in [-0.25, -0.2) is 0 Å². The third-order valence-corrected chi connectivity index (χ3v) is 2.55. The van der Waals surface area contributed by atoms with Crippen LogP contribution in [-0.2, 0) is 20.8 Å². The van der Waals surface area contributed by atoms with Crippen LogP contribution in [0.4, 0.5) is 0 Å². The lowest BCUT2D eigenvalue weighted by atomic mass is 10.1. The molecule has 0 heterocycles. The number of hydrogen-bond donors (Lipinski definition) is 2. The van der Waals surface area contributed by atoms with E-state index in [2.05, 4.69) is 17.2 Å². The van der Waals surface area contributed by atoms with Gasteiger partial charge in [0.2, 0.25) is 5.91 Å². The summed E-state index contributed by atoms with van der Waals surface area (Å²) >= 11 is 0. The second-order valence-corrected chi connectivity index (χ2v) is 4.30. The number of hydrogen-bond acceptors (Lipinski definition) is 4. The average Bonchev–Trinajstić information content (AvgIpc) is 2.50. The van der Waals surface area contributed by atoms with Gasteiger partial charge in [0.1, 0.15) is 6.61 Å². The van der Waals surface area contributed by atoms with E-state index in [9.17, 15) is 4.79 Å². The number of carbonyl (C=O) groups excluding carboxylic acids is 1. The second kappa shape index (κ2) is 10.9. The van der Waals surface area contributed by atoms with E-state index in [1.807, 2.05) is 24.3 Å². The highest BCUT2D eigenvalue weighted by Crippen LogP contribution is 2.04. The van der Waals surface area contributed by atoms with Crippen LogP contribution < -0.4 is 5.32 Å². The Morgan fingerprint density at radius 3 is 3.00 bits per heavy atom. The molecule has 5 nitrogen and oxygen atoms in total. The van der Waals surface area contributed by atoms with Crippen molar-refractivity contribution in [3.05, 3.63) is 35.4 Å². The van der Waals surface area contributed by atoms with Gasteiger partial charge in [-0.15, -0.1) is 0 Å². The van der Waals surface area contributed by atoms with Gasteiger partial charge >= 0.3 is 0 Å². The summed E-state index contributed by atoms with van der Waals surface area (Å²) in [5.74, 6) is 5.66. The Kier molecular flexibility index (Phi) is 8.89. The molecule has 0 saturated carbocycles. The zero-order valence-electron chi connectivity index (χ0n) is 12.2. The molecule has 0 aliphatic rings. The first kappa shape index (κ1) is 17.2. The topological polar surface area (TPSA) is 67.8 Å². The molecule has 1 aromatic rings. The van der Waals surface area contributed by atoms with E-state index in [4.69, 9.17) is 14.6 Å². The molecule has 0 unspecified atom stereocenters. The van der Waals surface area contributed by atoms with Crippen LogP contribution in [0.5, 0.6) is 0 Å². The summed E-state index contributed by atoms with van der Waals surface area (Å²) < 4.78 is 9.95. The maximum absolute atomic E-state index is 11.5. The van der Waals surface area contributed by atoms with Crippen LogP contribution in [0.15, 0.2) is 24.3 Å². The predicted octanol–water partition coefficient (Wildman–Crippen LogP) is 0.700. The van der Waals surface area contributed by atoms with Crippen molar-refractivity contribution in [2.45, 2.75) is 13.0 Å². The smallest absolute Gasteiger partial charge is 0.246 e. The molecule has 1 rings (SSSR count). The van der Waals surface area contributed by atoms with E-state index < -0.39 is 0 Å². The van der Waals surface area contributed by atoms with E-state index in [1.165, 1.54) is 0 Å². The highest BCUT2D eigenvalue weighted by molar-refractivity contribution is 5.77. The summed E-state index contributed by atoms with van der Waals surface area (Å²) in [6.07, 6.45) is 0.458. The maximum atomic E-state index is 11.5. The lowest BCUT2D eigenvalue weighted by Crippen LogP contribution is -2.27. The molecule has 0 spiro atoms. The highest BCUT2D eigenvalue weighted by atomic mass is 16.5. The summed E-state index contributed by atoms with van der Waals surface area (Å²) in [5, 5.41) is 11.5. The molecule has 1 aromatic carbocycles. The van der Waals surface area contributed by atoms with Crippen LogP contribution in [0, 0.1) is 11.8 Å². The van der Waals surface area contributed by atoms with Gasteiger partial charge in [-0.1, -0.05) is 24.0 Å². The second-order valence-electron chi connectivity index (χ2n) is 4.30. The van der Waals surface area contributed by atoms with Crippen LogP contribution in [-0.4, -0.2) is 44.6 Å². The van der Waals surface area contributed by atoms with E-state index in [-0.39, 0.29) is 19.1 Å². The molecular formula is C16H21NO4. The van der Waals surface area contributed by atoms with Gasteiger partial charge in [0.15, 0.2) is 0 Å². The van der Waals surface area contributed by atoms with Gasteiger partial charge < -0.3 is 19.9 Å². The number of carbonyl (C=O) groups is 1. The van der Waals surface area contributed by atoms with Gasteiger partial charge in [0, 0.05) is 25.6 Å². The first-order valence-electron chi connectivity index (χ1n) is 6.78. The zero-order valence-corrected chi connectivity index (χ0v) is 12.2. The molecule has 21 heavy (non-hydrogen) atoms. The lowest BCUT2D eigenvalue weighted by molar-refractivity contribution is -0.126. The number of aliphatic hydroxyl groups is 1. The van der Waals surface area contributed by atoms with E-state index in [0.717, 1.165) is 11.1 Å². The SMILES string of the molecule is COCCOCC(=O)NCc1cccc(C#CCCO)c1. The number of ether oxygens (including phenoxy) is 2. The Labute approximate surface area is 125 Å². The van der Waals surface area contributed by atoms with Crippen molar-refractivity contribution in [2.75, 3.05) is 33.5 Å². The van der Waals surface area contributed by atoms with E-state index in [0.29, 0.717) is 26.2 Å². The molecule has 0 aromatic heterocycles. The van der Waals surface area contributed by atoms with Crippen LogP contribution >= 0.6 is 0 Å². The van der Waals surface area contributed by atoms with Gasteiger partial charge in [-0.3, -0.25) is 4.79 Å². The number of benzene rings is 1. The van der Waals surface area contributed by atoms with Crippen molar-refractivity contribution in [3.63, 3.8) is 0 Å². The lowest BCUT2D eigenvalue weighted by Gasteiger charge is -2.06. The molecule has 0 atom stereocenters. The van der Waals surface area contributed by atoms with E-state index >= 15 is 0 Å². The van der Waals surface area contributed by atoms with Crippen molar-refractivity contribution in [1.29, 1.82) is 0 Å². The third-order valence-electron chi connectivity index (χ3n) is 2.55. The summed E-state index contributed by atoms with van der Waals surface area (Å²) in [6, 6.07) is 7.61. The first-order valence-corrected chi connectivity index (χ1v) is 6.78. The average molecular weight is 291 g/mol. The Hall–Kier alpha value is -1.87. The van der Waals surface area contributed by atoms with Crippen molar-refractivity contribution in [1.82, 2.24) is 5.32 Å². The minimum Gasteiger partial charge on any atom is -0.395 e.